The van der Waals surface area contributed by atoms with E-state index >= 15 is 0 Å². The molecule has 3 aromatic rings. The quantitative estimate of drug-likeness (QED) is 0.628. The lowest BCUT2D eigenvalue weighted by Crippen LogP contribution is -2.48. The number of nitrogens with zero attached hydrogens (tertiary/aromatic N) is 4. The monoisotopic (exact) mass is 422 g/mol. The molecule has 4 rings (SSSR count). The van der Waals surface area contributed by atoms with Crippen molar-refractivity contribution in [2.75, 3.05) is 26.2 Å². The number of hydrogen-bond donors (Lipinski definition) is 0. The van der Waals surface area contributed by atoms with Crippen molar-refractivity contribution >= 4 is 10.0 Å². The third-order valence-corrected chi connectivity index (χ3v) is 7.02. The van der Waals surface area contributed by atoms with Crippen molar-refractivity contribution in [2.24, 2.45) is 0 Å². The van der Waals surface area contributed by atoms with Gasteiger partial charge in [-0.15, -0.1) is 0 Å². The summed E-state index contributed by atoms with van der Waals surface area (Å²) in [5, 5.41) is 9.08. The molecule has 0 bridgehead atoms. The van der Waals surface area contributed by atoms with Crippen LogP contribution in [0.1, 0.15) is 16.8 Å². The van der Waals surface area contributed by atoms with Crippen molar-refractivity contribution in [1.82, 2.24) is 14.2 Å². The first-order valence-electron chi connectivity index (χ1n) is 9.72. The SMILES string of the molecule is Cc1ccccc1-c1nc(C#N)c(S(=O)(=O)N2CCN(Cc3ccccc3)CC2)o1. The lowest BCUT2D eigenvalue weighted by Gasteiger charge is -2.33. The van der Waals surface area contributed by atoms with E-state index in [4.69, 9.17) is 4.42 Å². The van der Waals surface area contributed by atoms with Crippen molar-refractivity contribution in [1.29, 1.82) is 5.26 Å². The van der Waals surface area contributed by atoms with Crippen LogP contribution in [0.2, 0.25) is 0 Å². The summed E-state index contributed by atoms with van der Waals surface area (Å²) >= 11 is 0. The predicted octanol–water partition coefficient (Wildman–Crippen LogP) is 3.03. The van der Waals surface area contributed by atoms with E-state index in [-0.39, 0.29) is 16.7 Å². The Morgan fingerprint density at radius 1 is 1.03 bits per heavy atom. The van der Waals surface area contributed by atoms with Crippen LogP contribution in [-0.4, -0.2) is 48.8 Å². The highest BCUT2D eigenvalue weighted by Crippen LogP contribution is 2.29. The summed E-state index contributed by atoms with van der Waals surface area (Å²) in [5.41, 5.74) is 2.54. The molecular formula is C22H22N4O3S. The van der Waals surface area contributed by atoms with Gasteiger partial charge >= 0.3 is 0 Å². The first kappa shape index (κ1) is 20.3. The van der Waals surface area contributed by atoms with E-state index < -0.39 is 10.0 Å². The van der Waals surface area contributed by atoms with Gasteiger partial charge in [0.2, 0.25) is 5.89 Å². The Kier molecular flexibility index (Phi) is 5.68. The zero-order valence-corrected chi connectivity index (χ0v) is 17.5. The van der Waals surface area contributed by atoms with Crippen molar-refractivity contribution in [2.45, 2.75) is 18.6 Å². The van der Waals surface area contributed by atoms with Crippen molar-refractivity contribution in [3.8, 4) is 17.5 Å². The molecule has 0 unspecified atom stereocenters. The van der Waals surface area contributed by atoms with Crippen LogP contribution >= 0.6 is 0 Å². The van der Waals surface area contributed by atoms with E-state index in [1.54, 1.807) is 6.07 Å². The molecule has 0 saturated carbocycles. The molecule has 1 fully saturated rings. The van der Waals surface area contributed by atoms with E-state index in [9.17, 15) is 13.7 Å². The molecule has 0 N–H and O–H groups in total. The van der Waals surface area contributed by atoms with Crippen LogP contribution in [0.25, 0.3) is 11.5 Å². The zero-order valence-electron chi connectivity index (χ0n) is 16.7. The Morgan fingerprint density at radius 2 is 1.70 bits per heavy atom. The topological polar surface area (TPSA) is 90.4 Å². The molecular weight excluding hydrogens is 400 g/mol. The van der Waals surface area contributed by atoms with Gasteiger partial charge in [0, 0.05) is 38.3 Å². The van der Waals surface area contributed by atoms with Crippen LogP contribution in [-0.2, 0) is 16.6 Å². The number of piperazine rings is 1. The highest BCUT2D eigenvalue weighted by molar-refractivity contribution is 7.89. The molecule has 1 aliphatic heterocycles. The summed E-state index contributed by atoms with van der Waals surface area (Å²) in [6.45, 7) is 4.54. The molecule has 154 valence electrons. The molecule has 30 heavy (non-hydrogen) atoms. The van der Waals surface area contributed by atoms with E-state index in [0.717, 1.165) is 12.1 Å². The maximum absolute atomic E-state index is 13.2. The van der Waals surface area contributed by atoms with Crippen LogP contribution in [0.4, 0.5) is 0 Å². The predicted molar refractivity (Wildman–Crippen MR) is 112 cm³/mol. The molecule has 0 spiro atoms. The molecule has 0 atom stereocenters. The van der Waals surface area contributed by atoms with Gasteiger partial charge in [0.25, 0.3) is 15.1 Å². The van der Waals surface area contributed by atoms with Gasteiger partial charge in [-0.25, -0.2) is 8.42 Å². The van der Waals surface area contributed by atoms with E-state index in [2.05, 4.69) is 22.0 Å². The average Bonchev–Trinajstić information content (AvgIpc) is 3.20. The maximum atomic E-state index is 13.2. The number of oxazole rings is 1. The fraction of sp³-hybridized carbons (Fsp3) is 0.273. The van der Waals surface area contributed by atoms with Gasteiger partial charge < -0.3 is 4.42 Å². The summed E-state index contributed by atoms with van der Waals surface area (Å²) in [7, 11) is -3.95. The van der Waals surface area contributed by atoms with Gasteiger partial charge in [0.15, 0.2) is 5.69 Å². The van der Waals surface area contributed by atoms with Crippen LogP contribution in [0.15, 0.2) is 64.1 Å². The number of sulfonamides is 1. The third-order valence-electron chi connectivity index (χ3n) is 5.23. The van der Waals surface area contributed by atoms with Crippen LogP contribution in [0.3, 0.4) is 0 Å². The number of aromatic nitrogens is 1. The fourth-order valence-corrected chi connectivity index (χ4v) is 4.96. The summed E-state index contributed by atoms with van der Waals surface area (Å²) < 4.78 is 33.4. The molecule has 2 aromatic carbocycles. The van der Waals surface area contributed by atoms with Gasteiger partial charge in [0.1, 0.15) is 6.07 Å². The minimum Gasteiger partial charge on any atom is -0.422 e. The molecule has 2 heterocycles. The number of rotatable bonds is 5. The standard InChI is InChI=1S/C22H22N4O3S/c1-17-7-5-6-10-19(17)21-24-20(15-23)22(29-21)30(27,28)26-13-11-25(12-14-26)16-18-8-3-2-4-9-18/h2-10H,11-14,16H2,1H3. The summed E-state index contributed by atoms with van der Waals surface area (Å²) in [4.78, 5) is 6.36. The van der Waals surface area contributed by atoms with Crippen LogP contribution in [0, 0.1) is 18.3 Å². The minimum atomic E-state index is -3.95. The Balaban J connectivity index is 1.53. The molecule has 1 saturated heterocycles. The van der Waals surface area contributed by atoms with Gasteiger partial charge in [-0.05, 0) is 24.1 Å². The Bertz CT molecular complexity index is 1170. The van der Waals surface area contributed by atoms with Crippen molar-refractivity contribution in [3.63, 3.8) is 0 Å². The van der Waals surface area contributed by atoms with Crippen molar-refractivity contribution < 1.29 is 12.8 Å². The molecule has 1 aliphatic rings. The minimum absolute atomic E-state index is 0.144. The molecule has 7 nitrogen and oxygen atoms in total. The maximum Gasteiger partial charge on any atom is 0.279 e. The molecule has 8 heteroatoms. The highest BCUT2D eigenvalue weighted by Gasteiger charge is 2.35. The van der Waals surface area contributed by atoms with Crippen LogP contribution in [0.5, 0.6) is 0 Å². The number of benzene rings is 2. The number of nitriles is 1. The second-order valence-corrected chi connectivity index (χ2v) is 9.08. The fourth-order valence-electron chi connectivity index (χ4n) is 3.57. The Labute approximate surface area is 176 Å². The number of hydrogen-bond acceptors (Lipinski definition) is 6. The normalized spacial score (nSPS) is 15.7. The summed E-state index contributed by atoms with van der Waals surface area (Å²) in [5.74, 6) is 0.144. The second-order valence-electron chi connectivity index (χ2n) is 7.25. The van der Waals surface area contributed by atoms with Crippen molar-refractivity contribution in [3.05, 3.63) is 71.4 Å². The molecule has 1 aromatic heterocycles. The molecule has 0 amide bonds. The van der Waals surface area contributed by atoms with Gasteiger partial charge in [-0.1, -0.05) is 48.5 Å². The lowest BCUT2D eigenvalue weighted by molar-refractivity contribution is 0.180. The van der Waals surface area contributed by atoms with E-state index in [0.29, 0.717) is 31.7 Å². The molecule has 0 aliphatic carbocycles. The zero-order chi connectivity index (χ0) is 21.1. The Morgan fingerprint density at radius 3 is 2.37 bits per heavy atom. The first-order valence-corrected chi connectivity index (χ1v) is 11.2. The average molecular weight is 423 g/mol. The molecule has 0 radical (unpaired) electrons. The third kappa shape index (κ3) is 4.00. The number of aryl methyl sites for hydroxylation is 1. The lowest BCUT2D eigenvalue weighted by atomic mass is 10.1. The van der Waals surface area contributed by atoms with E-state index in [1.807, 2.05) is 49.4 Å². The van der Waals surface area contributed by atoms with E-state index in [1.165, 1.54) is 9.87 Å². The van der Waals surface area contributed by atoms with Crippen LogP contribution < -0.4 is 0 Å². The van der Waals surface area contributed by atoms with Gasteiger partial charge in [0.05, 0.1) is 0 Å². The first-order chi connectivity index (χ1) is 14.5. The highest BCUT2D eigenvalue weighted by atomic mass is 32.2. The summed E-state index contributed by atoms with van der Waals surface area (Å²) in [6, 6.07) is 19.3. The van der Waals surface area contributed by atoms with Gasteiger partial charge in [-0.3, -0.25) is 4.90 Å². The second kappa shape index (κ2) is 8.40. The van der Waals surface area contributed by atoms with Gasteiger partial charge in [-0.2, -0.15) is 14.6 Å². The smallest absolute Gasteiger partial charge is 0.279 e. The largest absolute Gasteiger partial charge is 0.422 e. The summed E-state index contributed by atoms with van der Waals surface area (Å²) in [6.07, 6.45) is 0. The Hall–Kier alpha value is -2.99.